The first-order valence-electron chi connectivity index (χ1n) is 4.25. The lowest BCUT2D eigenvalue weighted by Crippen LogP contribution is -2.17. The highest BCUT2D eigenvalue weighted by Crippen LogP contribution is 2.33. The Kier molecular flexibility index (Phi) is 2.84. The van der Waals surface area contributed by atoms with Crippen LogP contribution in [0, 0.1) is 11.8 Å². The second-order valence-electron chi connectivity index (χ2n) is 3.36. The van der Waals surface area contributed by atoms with E-state index in [0.717, 1.165) is 12.8 Å². The molecule has 1 rings (SSSR count). The number of carbonyl (C=O) groups is 2. The molecular weight excluding hydrogens is 156 g/mol. The summed E-state index contributed by atoms with van der Waals surface area (Å²) in [6.07, 6.45) is 2.24. The first kappa shape index (κ1) is 9.23. The van der Waals surface area contributed by atoms with Gasteiger partial charge < -0.3 is 4.74 Å². The molecule has 0 heterocycles. The number of esters is 1. The van der Waals surface area contributed by atoms with Crippen molar-refractivity contribution in [1.29, 1.82) is 0 Å². The molecule has 1 unspecified atom stereocenters. The second-order valence-corrected chi connectivity index (χ2v) is 3.36. The normalized spacial score (nSPS) is 18.5. The molecule has 1 aliphatic rings. The molecule has 1 aliphatic carbocycles. The molecule has 3 nitrogen and oxygen atoms in total. The van der Waals surface area contributed by atoms with Crippen molar-refractivity contribution in [2.24, 2.45) is 11.8 Å². The summed E-state index contributed by atoms with van der Waals surface area (Å²) in [6, 6.07) is 0. The third-order valence-corrected chi connectivity index (χ3v) is 2.17. The van der Waals surface area contributed by atoms with Crippen molar-refractivity contribution in [1.82, 2.24) is 0 Å². The molecule has 0 radical (unpaired) electrons. The monoisotopic (exact) mass is 170 g/mol. The van der Waals surface area contributed by atoms with Gasteiger partial charge in [-0.05, 0) is 12.8 Å². The zero-order valence-corrected chi connectivity index (χ0v) is 7.50. The van der Waals surface area contributed by atoms with Crippen molar-refractivity contribution in [3.05, 3.63) is 0 Å². The van der Waals surface area contributed by atoms with E-state index < -0.39 is 0 Å². The molecule has 0 spiro atoms. The van der Waals surface area contributed by atoms with Gasteiger partial charge in [-0.1, -0.05) is 6.92 Å². The minimum Gasteiger partial charge on any atom is -0.469 e. The lowest BCUT2D eigenvalue weighted by atomic mass is 9.99. The number of hydrogen-bond acceptors (Lipinski definition) is 3. The summed E-state index contributed by atoms with van der Waals surface area (Å²) in [5.41, 5.74) is 0. The number of methoxy groups -OCH3 is 1. The van der Waals surface area contributed by atoms with Crippen LogP contribution >= 0.6 is 0 Å². The van der Waals surface area contributed by atoms with Gasteiger partial charge in [0.05, 0.1) is 13.5 Å². The van der Waals surface area contributed by atoms with Gasteiger partial charge in [0.15, 0.2) is 0 Å². The quantitative estimate of drug-likeness (QED) is 0.595. The Hall–Kier alpha value is -0.860. The van der Waals surface area contributed by atoms with Crippen LogP contribution < -0.4 is 0 Å². The summed E-state index contributed by atoms with van der Waals surface area (Å²) in [6.45, 7) is 1.79. The lowest BCUT2D eigenvalue weighted by Gasteiger charge is -2.06. The molecule has 0 aromatic rings. The first-order chi connectivity index (χ1) is 5.65. The van der Waals surface area contributed by atoms with Gasteiger partial charge in [0.2, 0.25) is 0 Å². The molecule has 1 atom stereocenters. The maximum atomic E-state index is 11.3. The van der Waals surface area contributed by atoms with E-state index in [1.807, 2.05) is 0 Å². The average molecular weight is 170 g/mol. The molecule has 12 heavy (non-hydrogen) atoms. The van der Waals surface area contributed by atoms with Crippen LogP contribution in [0.5, 0.6) is 0 Å². The Morgan fingerprint density at radius 3 is 2.50 bits per heavy atom. The highest BCUT2D eigenvalue weighted by Gasteiger charge is 2.33. The van der Waals surface area contributed by atoms with Crippen LogP contribution in [0.15, 0.2) is 0 Å². The second kappa shape index (κ2) is 3.70. The highest BCUT2D eigenvalue weighted by molar-refractivity contribution is 5.88. The Labute approximate surface area is 72.1 Å². The summed E-state index contributed by atoms with van der Waals surface area (Å²) in [4.78, 5) is 22.1. The molecule has 0 saturated heterocycles. The van der Waals surface area contributed by atoms with Gasteiger partial charge >= 0.3 is 5.97 Å². The fourth-order valence-electron chi connectivity index (χ4n) is 1.20. The molecule has 68 valence electrons. The summed E-state index contributed by atoms with van der Waals surface area (Å²) in [5, 5.41) is 0. The molecule has 0 aromatic heterocycles. The van der Waals surface area contributed by atoms with Crippen LogP contribution in [0.25, 0.3) is 0 Å². The van der Waals surface area contributed by atoms with Crippen molar-refractivity contribution < 1.29 is 14.3 Å². The predicted molar refractivity (Wildman–Crippen MR) is 43.5 cm³/mol. The minimum absolute atomic E-state index is 0.162. The van der Waals surface area contributed by atoms with Crippen LogP contribution in [0.1, 0.15) is 26.2 Å². The van der Waals surface area contributed by atoms with Crippen molar-refractivity contribution in [2.45, 2.75) is 26.2 Å². The molecule has 0 amide bonds. The van der Waals surface area contributed by atoms with Crippen LogP contribution in [-0.2, 0) is 14.3 Å². The van der Waals surface area contributed by atoms with E-state index in [1.54, 1.807) is 6.92 Å². The number of hydrogen-bond donors (Lipinski definition) is 0. The molecule has 3 heteroatoms. The SMILES string of the molecule is COC(=O)CC(C)C(=O)C1CC1. The van der Waals surface area contributed by atoms with Gasteiger partial charge in [-0.15, -0.1) is 0 Å². The van der Waals surface area contributed by atoms with Crippen LogP contribution in [-0.4, -0.2) is 18.9 Å². The Morgan fingerprint density at radius 2 is 2.08 bits per heavy atom. The van der Waals surface area contributed by atoms with E-state index in [9.17, 15) is 9.59 Å². The maximum Gasteiger partial charge on any atom is 0.306 e. The third kappa shape index (κ3) is 2.32. The zero-order chi connectivity index (χ0) is 9.14. The van der Waals surface area contributed by atoms with Crippen LogP contribution in [0.3, 0.4) is 0 Å². The largest absolute Gasteiger partial charge is 0.469 e. The highest BCUT2D eigenvalue weighted by atomic mass is 16.5. The predicted octanol–water partition coefficient (Wildman–Crippen LogP) is 1.16. The Bertz CT molecular complexity index is 194. The van der Waals surface area contributed by atoms with Crippen molar-refractivity contribution in [2.75, 3.05) is 7.11 Å². The molecule has 0 N–H and O–H groups in total. The van der Waals surface area contributed by atoms with Crippen molar-refractivity contribution >= 4 is 11.8 Å². The molecule has 1 saturated carbocycles. The fourth-order valence-corrected chi connectivity index (χ4v) is 1.20. The van der Waals surface area contributed by atoms with Gasteiger partial charge in [0.1, 0.15) is 5.78 Å². The minimum atomic E-state index is -0.295. The Morgan fingerprint density at radius 1 is 1.50 bits per heavy atom. The average Bonchev–Trinajstić information content (AvgIpc) is 2.85. The number of ether oxygens (including phenoxy) is 1. The Balaban J connectivity index is 2.31. The van der Waals surface area contributed by atoms with E-state index in [-0.39, 0.29) is 30.0 Å². The molecule has 1 fully saturated rings. The van der Waals surface area contributed by atoms with E-state index in [1.165, 1.54) is 7.11 Å². The van der Waals surface area contributed by atoms with Crippen molar-refractivity contribution in [3.8, 4) is 0 Å². The van der Waals surface area contributed by atoms with Gasteiger partial charge in [0, 0.05) is 11.8 Å². The van der Waals surface area contributed by atoms with Gasteiger partial charge in [-0.3, -0.25) is 9.59 Å². The van der Waals surface area contributed by atoms with Gasteiger partial charge in [-0.25, -0.2) is 0 Å². The topological polar surface area (TPSA) is 43.4 Å². The summed E-state index contributed by atoms with van der Waals surface area (Å²) in [7, 11) is 1.34. The molecule has 0 aromatic carbocycles. The number of ketones is 1. The maximum absolute atomic E-state index is 11.3. The summed E-state index contributed by atoms with van der Waals surface area (Å²) < 4.78 is 4.48. The number of Topliss-reactive ketones (excluding diaryl/α,β-unsaturated/α-hetero) is 1. The van der Waals surface area contributed by atoms with E-state index >= 15 is 0 Å². The first-order valence-corrected chi connectivity index (χ1v) is 4.25. The fraction of sp³-hybridized carbons (Fsp3) is 0.778. The molecule has 0 bridgehead atoms. The van der Waals surface area contributed by atoms with Crippen LogP contribution in [0.4, 0.5) is 0 Å². The summed E-state index contributed by atoms with van der Waals surface area (Å²) in [5.74, 6) is 0.00602. The van der Waals surface area contributed by atoms with E-state index in [2.05, 4.69) is 4.74 Å². The standard InChI is InChI=1S/C9H14O3/c1-6(5-8(10)12-2)9(11)7-3-4-7/h6-7H,3-5H2,1-2H3. The number of carbonyl (C=O) groups excluding carboxylic acids is 2. The van der Waals surface area contributed by atoms with Gasteiger partial charge in [-0.2, -0.15) is 0 Å². The van der Waals surface area contributed by atoms with Gasteiger partial charge in [0.25, 0.3) is 0 Å². The van der Waals surface area contributed by atoms with Crippen molar-refractivity contribution in [3.63, 3.8) is 0 Å². The molecule has 0 aliphatic heterocycles. The smallest absolute Gasteiger partial charge is 0.306 e. The van der Waals surface area contributed by atoms with E-state index in [4.69, 9.17) is 0 Å². The van der Waals surface area contributed by atoms with E-state index in [0.29, 0.717) is 0 Å². The van der Waals surface area contributed by atoms with Crippen LogP contribution in [0.2, 0.25) is 0 Å². The third-order valence-electron chi connectivity index (χ3n) is 2.17. The lowest BCUT2D eigenvalue weighted by molar-refractivity contribution is -0.143. The molecular formula is C9H14O3. The number of rotatable bonds is 4. The zero-order valence-electron chi connectivity index (χ0n) is 7.50. The summed E-state index contributed by atoms with van der Waals surface area (Å²) >= 11 is 0.